The summed E-state index contributed by atoms with van der Waals surface area (Å²) in [5.41, 5.74) is 0.749. The Morgan fingerprint density at radius 1 is 1.21 bits per heavy atom. The van der Waals surface area contributed by atoms with Gasteiger partial charge in [0.25, 0.3) is 0 Å². The van der Waals surface area contributed by atoms with Crippen molar-refractivity contribution in [1.82, 2.24) is 9.88 Å². The molecule has 0 spiro atoms. The number of nitrogens with zero attached hydrogens (tertiary/aromatic N) is 3. The average Bonchev–Trinajstić information content (AvgIpc) is 2.34. The third kappa shape index (κ3) is 5.55. The standard InChI is InChI=1S/C14H23Cl2N3/c1-11(2)10-19(8-7-18(3)4)14-6-5-12(16)13(9-15)17-14/h5-6,11H,7-10H2,1-4H3. The van der Waals surface area contributed by atoms with E-state index in [2.05, 4.69) is 42.7 Å². The van der Waals surface area contributed by atoms with Gasteiger partial charge in [0, 0.05) is 19.6 Å². The summed E-state index contributed by atoms with van der Waals surface area (Å²) < 4.78 is 0. The molecule has 0 atom stereocenters. The summed E-state index contributed by atoms with van der Waals surface area (Å²) in [7, 11) is 4.15. The first kappa shape index (κ1) is 16.5. The number of likely N-dealkylation sites (N-methyl/N-ethyl adjacent to an activating group) is 1. The van der Waals surface area contributed by atoms with Crippen LogP contribution in [0.3, 0.4) is 0 Å². The molecule has 0 aliphatic heterocycles. The molecule has 0 aromatic carbocycles. The Morgan fingerprint density at radius 3 is 2.42 bits per heavy atom. The van der Waals surface area contributed by atoms with Crippen LogP contribution >= 0.6 is 23.2 Å². The minimum atomic E-state index is 0.343. The van der Waals surface area contributed by atoms with Gasteiger partial charge in [-0.1, -0.05) is 25.4 Å². The molecule has 0 saturated carbocycles. The Bertz CT molecular complexity index is 394. The van der Waals surface area contributed by atoms with Gasteiger partial charge >= 0.3 is 0 Å². The lowest BCUT2D eigenvalue weighted by Crippen LogP contribution is -2.35. The van der Waals surface area contributed by atoms with E-state index in [9.17, 15) is 0 Å². The van der Waals surface area contributed by atoms with Crippen molar-refractivity contribution in [1.29, 1.82) is 0 Å². The number of rotatable bonds is 7. The van der Waals surface area contributed by atoms with Crippen molar-refractivity contribution >= 4 is 29.0 Å². The average molecular weight is 304 g/mol. The van der Waals surface area contributed by atoms with E-state index in [0.29, 0.717) is 16.8 Å². The van der Waals surface area contributed by atoms with E-state index in [1.165, 1.54) is 0 Å². The second-order valence-electron chi connectivity index (χ2n) is 5.37. The van der Waals surface area contributed by atoms with Crippen LogP contribution in [0.2, 0.25) is 5.02 Å². The highest BCUT2D eigenvalue weighted by Gasteiger charge is 2.12. The van der Waals surface area contributed by atoms with E-state index in [0.717, 1.165) is 31.1 Å². The molecular formula is C14H23Cl2N3. The predicted octanol–water partition coefficient (Wildman–Crippen LogP) is 3.50. The Kier molecular flexibility index (Phi) is 6.90. The van der Waals surface area contributed by atoms with E-state index in [1.807, 2.05) is 12.1 Å². The van der Waals surface area contributed by atoms with Gasteiger partial charge in [-0.25, -0.2) is 4.98 Å². The lowest BCUT2D eigenvalue weighted by molar-refractivity contribution is 0.408. The number of pyridine rings is 1. The van der Waals surface area contributed by atoms with Crippen LogP contribution < -0.4 is 4.90 Å². The maximum atomic E-state index is 6.06. The minimum absolute atomic E-state index is 0.343. The SMILES string of the molecule is CC(C)CN(CCN(C)C)c1ccc(Cl)c(CCl)n1. The Labute approximate surface area is 126 Å². The van der Waals surface area contributed by atoms with Gasteiger partial charge < -0.3 is 9.80 Å². The van der Waals surface area contributed by atoms with Crippen molar-refractivity contribution in [3.8, 4) is 0 Å². The van der Waals surface area contributed by atoms with Crippen molar-refractivity contribution in [2.45, 2.75) is 19.7 Å². The highest BCUT2D eigenvalue weighted by atomic mass is 35.5. The van der Waals surface area contributed by atoms with Crippen LogP contribution in [0.5, 0.6) is 0 Å². The number of hydrogen-bond donors (Lipinski definition) is 0. The van der Waals surface area contributed by atoms with Crippen molar-refractivity contribution in [2.75, 3.05) is 38.6 Å². The van der Waals surface area contributed by atoms with Crippen molar-refractivity contribution in [3.63, 3.8) is 0 Å². The second-order valence-corrected chi connectivity index (χ2v) is 6.05. The first-order valence-electron chi connectivity index (χ1n) is 6.55. The Hall–Kier alpha value is -0.510. The molecule has 0 bridgehead atoms. The molecule has 19 heavy (non-hydrogen) atoms. The first-order valence-corrected chi connectivity index (χ1v) is 7.46. The molecular weight excluding hydrogens is 281 g/mol. The van der Waals surface area contributed by atoms with Crippen LogP contribution in [0, 0.1) is 5.92 Å². The van der Waals surface area contributed by atoms with E-state index in [-0.39, 0.29) is 0 Å². The molecule has 0 saturated heterocycles. The Morgan fingerprint density at radius 2 is 1.89 bits per heavy atom. The summed E-state index contributed by atoms with van der Waals surface area (Å²) in [5.74, 6) is 1.88. The van der Waals surface area contributed by atoms with Crippen molar-refractivity contribution in [2.24, 2.45) is 5.92 Å². The van der Waals surface area contributed by atoms with Gasteiger partial charge in [-0.05, 0) is 32.1 Å². The van der Waals surface area contributed by atoms with Crippen LogP contribution in [0.4, 0.5) is 5.82 Å². The van der Waals surface area contributed by atoms with Gasteiger partial charge in [-0.2, -0.15) is 0 Å². The van der Waals surface area contributed by atoms with Gasteiger partial charge in [0.05, 0.1) is 16.6 Å². The van der Waals surface area contributed by atoms with Gasteiger partial charge in [-0.3, -0.25) is 0 Å². The van der Waals surface area contributed by atoms with Gasteiger partial charge in [0.15, 0.2) is 0 Å². The topological polar surface area (TPSA) is 19.4 Å². The van der Waals surface area contributed by atoms with Gasteiger partial charge in [0.1, 0.15) is 5.82 Å². The molecule has 3 nitrogen and oxygen atoms in total. The smallest absolute Gasteiger partial charge is 0.129 e. The summed E-state index contributed by atoms with van der Waals surface area (Å²) in [6.07, 6.45) is 0. The van der Waals surface area contributed by atoms with Crippen molar-refractivity contribution < 1.29 is 0 Å². The van der Waals surface area contributed by atoms with Crippen LogP contribution in [-0.2, 0) is 5.88 Å². The quantitative estimate of drug-likeness (QED) is 0.719. The lowest BCUT2D eigenvalue weighted by Gasteiger charge is -2.27. The zero-order valence-electron chi connectivity index (χ0n) is 12.2. The lowest BCUT2D eigenvalue weighted by atomic mass is 10.2. The molecule has 0 amide bonds. The third-order valence-corrected chi connectivity index (χ3v) is 3.35. The summed E-state index contributed by atoms with van der Waals surface area (Å²) >= 11 is 11.9. The van der Waals surface area contributed by atoms with E-state index in [1.54, 1.807) is 0 Å². The summed E-state index contributed by atoms with van der Waals surface area (Å²) in [5, 5.41) is 0.635. The fourth-order valence-electron chi connectivity index (χ4n) is 1.80. The number of aromatic nitrogens is 1. The third-order valence-electron chi connectivity index (χ3n) is 2.76. The molecule has 0 N–H and O–H groups in total. The van der Waals surface area contributed by atoms with Crippen LogP contribution in [-0.4, -0.2) is 43.6 Å². The molecule has 108 valence electrons. The number of hydrogen-bond acceptors (Lipinski definition) is 3. The zero-order valence-corrected chi connectivity index (χ0v) is 13.7. The molecule has 1 aromatic heterocycles. The predicted molar refractivity (Wildman–Crippen MR) is 84.4 cm³/mol. The molecule has 0 aliphatic rings. The fourth-order valence-corrected chi connectivity index (χ4v) is 2.25. The number of halogens is 2. The maximum absolute atomic E-state index is 6.06. The van der Waals surface area contributed by atoms with Gasteiger partial charge in [-0.15, -0.1) is 11.6 Å². The Balaban J connectivity index is 2.89. The molecule has 1 heterocycles. The largest absolute Gasteiger partial charge is 0.355 e. The van der Waals surface area contributed by atoms with E-state index in [4.69, 9.17) is 23.2 Å². The summed E-state index contributed by atoms with van der Waals surface area (Å²) in [6, 6.07) is 3.85. The molecule has 1 rings (SSSR count). The van der Waals surface area contributed by atoms with Crippen molar-refractivity contribution in [3.05, 3.63) is 22.8 Å². The first-order chi connectivity index (χ1) is 8.93. The van der Waals surface area contributed by atoms with Crippen LogP contribution in [0.25, 0.3) is 0 Å². The van der Waals surface area contributed by atoms with Crippen LogP contribution in [0.1, 0.15) is 19.5 Å². The normalized spacial score (nSPS) is 11.4. The van der Waals surface area contributed by atoms with Gasteiger partial charge in [0.2, 0.25) is 0 Å². The summed E-state index contributed by atoms with van der Waals surface area (Å²) in [4.78, 5) is 9.03. The zero-order chi connectivity index (χ0) is 14.4. The highest BCUT2D eigenvalue weighted by Crippen LogP contribution is 2.21. The van der Waals surface area contributed by atoms with Crippen LogP contribution in [0.15, 0.2) is 12.1 Å². The second kappa shape index (κ2) is 7.93. The van der Waals surface area contributed by atoms with E-state index >= 15 is 0 Å². The molecule has 0 unspecified atom stereocenters. The number of alkyl halides is 1. The molecule has 0 fully saturated rings. The molecule has 0 radical (unpaired) electrons. The molecule has 0 aliphatic carbocycles. The maximum Gasteiger partial charge on any atom is 0.129 e. The molecule has 1 aromatic rings. The monoisotopic (exact) mass is 303 g/mol. The molecule has 5 heteroatoms. The minimum Gasteiger partial charge on any atom is -0.355 e. The number of anilines is 1. The fraction of sp³-hybridized carbons (Fsp3) is 0.643. The highest BCUT2D eigenvalue weighted by molar-refractivity contribution is 6.32. The van der Waals surface area contributed by atoms with E-state index < -0.39 is 0 Å². The summed E-state index contributed by atoms with van der Waals surface area (Å²) in [6.45, 7) is 7.33.